The van der Waals surface area contributed by atoms with Gasteiger partial charge in [-0.05, 0) is 84.3 Å². The van der Waals surface area contributed by atoms with Gasteiger partial charge in [0.05, 0.1) is 5.56 Å². The SMILES string of the molecule is C#C.C1CCC1.CC(C)c1ccc(NC=O)cc1.CN1CC2CC2C1.CNc1ccc(-c2cccc(C(=O)O)c2)cc1. The smallest absolute Gasteiger partial charge is 0.335 e. The Morgan fingerprint density at radius 3 is 1.83 bits per heavy atom. The molecule has 2 aliphatic carbocycles. The molecule has 3 aliphatic rings. The van der Waals surface area contributed by atoms with E-state index >= 15 is 0 Å². The van der Waals surface area contributed by atoms with Crippen LogP contribution in [0.25, 0.3) is 11.1 Å². The van der Waals surface area contributed by atoms with E-state index in [2.05, 4.69) is 49.3 Å². The van der Waals surface area contributed by atoms with Gasteiger partial charge in [-0.15, -0.1) is 12.8 Å². The molecule has 6 rings (SSSR count). The van der Waals surface area contributed by atoms with Crippen molar-refractivity contribution < 1.29 is 14.7 Å². The van der Waals surface area contributed by atoms with Crippen molar-refractivity contribution in [3.63, 3.8) is 0 Å². The van der Waals surface area contributed by atoms with E-state index in [1.165, 1.54) is 50.8 Å². The summed E-state index contributed by atoms with van der Waals surface area (Å²) in [6.45, 7) is 7.04. The molecule has 6 heteroatoms. The van der Waals surface area contributed by atoms with Crippen LogP contribution in [-0.4, -0.2) is 49.6 Å². The fourth-order valence-corrected chi connectivity index (χ4v) is 4.58. The minimum atomic E-state index is -0.904. The number of carbonyl (C=O) groups excluding carboxylic acids is 1. The lowest BCUT2D eigenvalue weighted by Gasteiger charge is -2.06. The fraction of sp³-hybridized carbons (Fsp3) is 0.389. The summed E-state index contributed by atoms with van der Waals surface area (Å²) in [5.41, 5.74) is 5.38. The largest absolute Gasteiger partial charge is 0.478 e. The summed E-state index contributed by atoms with van der Waals surface area (Å²) in [5.74, 6) is 1.86. The van der Waals surface area contributed by atoms with Crippen LogP contribution in [0, 0.1) is 24.7 Å². The summed E-state index contributed by atoms with van der Waals surface area (Å²) in [6, 6.07) is 22.6. The molecule has 224 valence electrons. The molecule has 3 N–H and O–H groups in total. The molecule has 2 saturated carbocycles. The number of aromatic carboxylic acids is 1. The number of anilines is 2. The maximum Gasteiger partial charge on any atom is 0.335 e. The van der Waals surface area contributed by atoms with Gasteiger partial charge in [0.2, 0.25) is 6.41 Å². The molecule has 3 aromatic rings. The number of amides is 1. The second kappa shape index (κ2) is 18.4. The van der Waals surface area contributed by atoms with Crippen LogP contribution in [0.4, 0.5) is 11.4 Å². The van der Waals surface area contributed by atoms with Gasteiger partial charge < -0.3 is 20.6 Å². The number of fused-ring (bicyclic) bond motifs is 1. The number of carboxylic acid groups (broad SMARTS) is 1. The van der Waals surface area contributed by atoms with Gasteiger partial charge in [0.1, 0.15) is 0 Å². The van der Waals surface area contributed by atoms with Crippen LogP contribution in [0.15, 0.2) is 72.8 Å². The molecular formula is C36H47N3O3. The second-order valence-electron chi connectivity index (χ2n) is 11.1. The van der Waals surface area contributed by atoms with Crippen molar-refractivity contribution in [2.45, 2.75) is 51.9 Å². The number of likely N-dealkylation sites (tertiary alicyclic amines) is 1. The van der Waals surface area contributed by atoms with Crippen LogP contribution < -0.4 is 10.6 Å². The van der Waals surface area contributed by atoms with Crippen molar-refractivity contribution in [3.05, 3.63) is 83.9 Å². The Morgan fingerprint density at radius 1 is 0.881 bits per heavy atom. The first kappa shape index (κ1) is 34.1. The minimum Gasteiger partial charge on any atom is -0.478 e. The zero-order valence-electron chi connectivity index (χ0n) is 25.6. The second-order valence-corrected chi connectivity index (χ2v) is 11.1. The third-order valence-electron chi connectivity index (χ3n) is 7.58. The summed E-state index contributed by atoms with van der Waals surface area (Å²) in [7, 11) is 4.08. The summed E-state index contributed by atoms with van der Waals surface area (Å²) in [4.78, 5) is 23.4. The van der Waals surface area contributed by atoms with Crippen LogP contribution in [-0.2, 0) is 4.79 Å². The van der Waals surface area contributed by atoms with E-state index in [0.717, 1.165) is 34.3 Å². The van der Waals surface area contributed by atoms with E-state index in [1.54, 1.807) is 18.2 Å². The number of hydrogen-bond donors (Lipinski definition) is 3. The minimum absolute atomic E-state index is 0.306. The van der Waals surface area contributed by atoms with Crippen LogP contribution in [0.1, 0.15) is 67.8 Å². The maximum absolute atomic E-state index is 10.9. The topological polar surface area (TPSA) is 81.7 Å². The molecule has 1 saturated heterocycles. The van der Waals surface area contributed by atoms with Gasteiger partial charge in [-0.25, -0.2) is 4.79 Å². The lowest BCUT2D eigenvalue weighted by Crippen LogP contribution is -2.15. The molecule has 0 spiro atoms. The predicted octanol–water partition coefficient (Wildman–Crippen LogP) is 7.85. The fourth-order valence-electron chi connectivity index (χ4n) is 4.58. The molecule has 3 aromatic carbocycles. The van der Waals surface area contributed by atoms with Crippen LogP contribution in [0.2, 0.25) is 0 Å². The van der Waals surface area contributed by atoms with E-state index in [4.69, 9.17) is 5.11 Å². The Morgan fingerprint density at radius 2 is 1.43 bits per heavy atom. The van der Waals surface area contributed by atoms with Gasteiger partial charge in [0, 0.05) is 31.5 Å². The van der Waals surface area contributed by atoms with Crippen molar-refractivity contribution in [3.8, 4) is 24.0 Å². The zero-order chi connectivity index (χ0) is 30.9. The summed E-state index contributed by atoms with van der Waals surface area (Å²) in [5, 5.41) is 14.6. The molecule has 2 atom stereocenters. The normalized spacial score (nSPS) is 17.4. The third kappa shape index (κ3) is 11.8. The molecule has 2 unspecified atom stereocenters. The monoisotopic (exact) mass is 569 g/mol. The highest BCUT2D eigenvalue weighted by Gasteiger charge is 2.43. The predicted molar refractivity (Wildman–Crippen MR) is 176 cm³/mol. The number of benzene rings is 3. The number of nitrogens with zero attached hydrogens (tertiary/aromatic N) is 1. The van der Waals surface area contributed by atoms with E-state index < -0.39 is 5.97 Å². The van der Waals surface area contributed by atoms with Gasteiger partial charge >= 0.3 is 5.97 Å². The van der Waals surface area contributed by atoms with Gasteiger partial charge in [-0.2, -0.15) is 0 Å². The zero-order valence-corrected chi connectivity index (χ0v) is 25.6. The molecular weight excluding hydrogens is 522 g/mol. The number of carboxylic acids is 1. The molecule has 3 fully saturated rings. The van der Waals surface area contributed by atoms with Crippen LogP contribution in [0.3, 0.4) is 0 Å². The molecule has 1 aliphatic heterocycles. The Kier molecular flexibility index (Phi) is 14.9. The lowest BCUT2D eigenvalue weighted by molar-refractivity contribution is -0.105. The average Bonchev–Trinajstić information content (AvgIpc) is 3.60. The van der Waals surface area contributed by atoms with Gasteiger partial charge in [-0.3, -0.25) is 4.79 Å². The highest BCUT2D eigenvalue weighted by atomic mass is 16.4. The molecule has 1 amide bonds. The molecule has 1 heterocycles. The van der Waals surface area contributed by atoms with E-state index in [0.29, 0.717) is 17.9 Å². The molecule has 42 heavy (non-hydrogen) atoms. The average molecular weight is 570 g/mol. The van der Waals surface area contributed by atoms with E-state index in [9.17, 15) is 9.59 Å². The number of terminal acetylenes is 1. The van der Waals surface area contributed by atoms with Gasteiger partial charge in [-0.1, -0.05) is 75.9 Å². The third-order valence-corrected chi connectivity index (χ3v) is 7.58. The summed E-state index contributed by atoms with van der Waals surface area (Å²) >= 11 is 0. The standard InChI is InChI=1S/C14H13NO2.C10H13NO.C6H11N.C4H8.C2H2/c1-15-13-7-5-10(6-8-13)11-3-2-4-12(9-11)14(16)17;1-8(2)9-3-5-10(6-4-9)11-7-12;1-7-3-5-2-6(5)4-7;1-2-4-3-1;1-2/h2-9,15H,1H3,(H,16,17);3-8H,1-2H3,(H,11,12);5-6H,2-4H2,1H3;1-4H2;1-2H. The summed E-state index contributed by atoms with van der Waals surface area (Å²) in [6.07, 6.45) is 16.2. The maximum atomic E-state index is 10.9. The Hall–Kier alpha value is -4.08. The molecule has 6 nitrogen and oxygen atoms in total. The number of piperidine rings is 1. The highest BCUT2D eigenvalue weighted by Crippen LogP contribution is 2.44. The molecule has 0 aromatic heterocycles. The quantitative estimate of drug-likeness (QED) is 0.208. The Labute approximate surface area is 252 Å². The lowest BCUT2D eigenvalue weighted by atomic mass is 10.0. The first-order valence-corrected chi connectivity index (χ1v) is 14.7. The van der Waals surface area contributed by atoms with Crippen molar-refractivity contribution >= 4 is 23.8 Å². The van der Waals surface area contributed by atoms with E-state index in [1.807, 2.05) is 61.6 Å². The van der Waals surface area contributed by atoms with Crippen molar-refractivity contribution in [2.75, 3.05) is 37.8 Å². The van der Waals surface area contributed by atoms with Crippen molar-refractivity contribution in [1.29, 1.82) is 0 Å². The number of hydrogen-bond acceptors (Lipinski definition) is 4. The number of nitrogens with one attached hydrogen (secondary N) is 2. The summed E-state index contributed by atoms with van der Waals surface area (Å²) < 4.78 is 0. The van der Waals surface area contributed by atoms with Crippen molar-refractivity contribution in [2.24, 2.45) is 11.8 Å². The van der Waals surface area contributed by atoms with Gasteiger partial charge in [0.25, 0.3) is 0 Å². The van der Waals surface area contributed by atoms with Crippen LogP contribution in [0.5, 0.6) is 0 Å². The first-order valence-electron chi connectivity index (χ1n) is 14.7. The molecule has 0 radical (unpaired) electrons. The first-order chi connectivity index (χ1) is 20.3. The Bertz CT molecular complexity index is 1220. The van der Waals surface area contributed by atoms with Gasteiger partial charge in [0.15, 0.2) is 0 Å². The Balaban J connectivity index is 0.000000212. The van der Waals surface area contributed by atoms with Crippen molar-refractivity contribution in [1.82, 2.24) is 4.90 Å². The molecule has 0 bridgehead atoms. The number of carbonyl (C=O) groups is 2. The van der Waals surface area contributed by atoms with E-state index in [-0.39, 0.29) is 0 Å². The number of rotatable bonds is 6. The van der Waals surface area contributed by atoms with Crippen LogP contribution >= 0.6 is 0 Å². The highest BCUT2D eigenvalue weighted by molar-refractivity contribution is 5.89.